The van der Waals surface area contributed by atoms with Crippen LogP contribution in [-0.4, -0.2) is 54.8 Å². The highest BCUT2D eigenvalue weighted by Crippen LogP contribution is 2.02. The third-order valence-electron chi connectivity index (χ3n) is 3.08. The smallest absolute Gasteiger partial charge is 0.326 e. The van der Waals surface area contributed by atoms with E-state index >= 15 is 0 Å². The molecule has 0 spiro atoms. The van der Waals surface area contributed by atoms with Crippen molar-refractivity contribution < 1.29 is 19.4 Å². The van der Waals surface area contributed by atoms with Crippen molar-refractivity contribution in [1.29, 1.82) is 5.26 Å². The molecule has 1 unspecified atom stereocenters. The van der Waals surface area contributed by atoms with Crippen molar-refractivity contribution >= 4 is 23.6 Å². The van der Waals surface area contributed by atoms with E-state index in [-0.39, 0.29) is 5.57 Å². The zero-order valence-electron chi connectivity index (χ0n) is 14.3. The van der Waals surface area contributed by atoms with E-state index in [2.05, 4.69) is 17.6 Å². The van der Waals surface area contributed by atoms with Crippen LogP contribution in [0.1, 0.15) is 32.6 Å². The van der Waals surface area contributed by atoms with Gasteiger partial charge in [0.15, 0.2) is 0 Å². The zero-order valence-corrected chi connectivity index (χ0v) is 15.2. The van der Waals surface area contributed by atoms with E-state index in [9.17, 15) is 9.59 Å². The molecule has 0 radical (unpaired) electrons. The first-order chi connectivity index (χ1) is 11.6. The van der Waals surface area contributed by atoms with Crippen molar-refractivity contribution in [2.45, 2.75) is 38.6 Å². The number of nitrogens with one attached hydrogen (secondary N) is 2. The Balaban J connectivity index is 4.22. The van der Waals surface area contributed by atoms with Crippen molar-refractivity contribution in [2.75, 3.05) is 31.8 Å². The van der Waals surface area contributed by atoms with Gasteiger partial charge >= 0.3 is 5.97 Å². The fourth-order valence-corrected chi connectivity index (χ4v) is 2.15. The molecule has 0 saturated heterocycles. The Kier molecular flexibility index (Phi) is 13.8. The quantitative estimate of drug-likeness (QED) is 0.245. The molecule has 0 aliphatic carbocycles. The van der Waals surface area contributed by atoms with E-state index < -0.39 is 17.9 Å². The van der Waals surface area contributed by atoms with Crippen LogP contribution in [0.4, 0.5) is 0 Å². The van der Waals surface area contributed by atoms with E-state index in [0.717, 1.165) is 25.9 Å². The van der Waals surface area contributed by atoms with Gasteiger partial charge in [0.25, 0.3) is 5.91 Å². The largest absolute Gasteiger partial charge is 0.480 e. The Bertz CT molecular complexity index is 449. The molecule has 0 aliphatic heterocycles. The molecule has 0 rings (SSSR count). The molecule has 1 atom stereocenters. The zero-order chi connectivity index (χ0) is 18.2. The van der Waals surface area contributed by atoms with E-state index in [0.29, 0.717) is 25.3 Å². The van der Waals surface area contributed by atoms with Gasteiger partial charge in [0.2, 0.25) is 0 Å². The van der Waals surface area contributed by atoms with Crippen LogP contribution in [0.15, 0.2) is 11.8 Å². The number of hydrogen-bond acceptors (Lipinski definition) is 6. The molecule has 8 heteroatoms. The first-order valence-electron chi connectivity index (χ1n) is 8.00. The lowest BCUT2D eigenvalue weighted by Crippen LogP contribution is -2.41. The van der Waals surface area contributed by atoms with Crippen LogP contribution in [0.2, 0.25) is 0 Å². The molecule has 3 N–H and O–H groups in total. The first kappa shape index (κ1) is 22.3. The Labute approximate surface area is 147 Å². The topological polar surface area (TPSA) is 111 Å². The Morgan fingerprint density at radius 2 is 2.08 bits per heavy atom. The molecule has 0 fully saturated rings. The second kappa shape index (κ2) is 14.8. The van der Waals surface area contributed by atoms with Gasteiger partial charge in [-0.3, -0.25) is 4.79 Å². The average Bonchev–Trinajstić information content (AvgIpc) is 2.56. The van der Waals surface area contributed by atoms with Gasteiger partial charge in [0.05, 0.1) is 0 Å². The van der Waals surface area contributed by atoms with Crippen LogP contribution in [0.25, 0.3) is 0 Å². The number of thioether (sulfide) groups is 1. The molecule has 0 heterocycles. The molecule has 7 nitrogen and oxygen atoms in total. The predicted molar refractivity (Wildman–Crippen MR) is 94.6 cm³/mol. The third kappa shape index (κ3) is 10.9. The molecule has 24 heavy (non-hydrogen) atoms. The molecule has 0 aromatic carbocycles. The molecule has 1 amide bonds. The SMILES string of the molecule is CCCCOCCCN/C=C(/C#N)C(=O)NC(CCSC)C(=O)O. The number of hydrogen-bond donors (Lipinski definition) is 3. The van der Waals surface area contributed by atoms with Crippen molar-refractivity contribution in [3.63, 3.8) is 0 Å². The van der Waals surface area contributed by atoms with Gasteiger partial charge in [-0.05, 0) is 31.3 Å². The number of amides is 1. The fourth-order valence-electron chi connectivity index (χ4n) is 1.68. The second-order valence-corrected chi connectivity index (χ2v) is 6.07. The van der Waals surface area contributed by atoms with Gasteiger partial charge in [-0.1, -0.05) is 13.3 Å². The van der Waals surface area contributed by atoms with Gasteiger partial charge in [-0.25, -0.2) is 4.79 Å². The summed E-state index contributed by atoms with van der Waals surface area (Å²) in [6, 6.07) is 0.786. The van der Waals surface area contributed by atoms with Gasteiger partial charge in [-0.2, -0.15) is 17.0 Å². The maximum absolute atomic E-state index is 12.0. The number of unbranched alkanes of at least 4 members (excludes halogenated alkanes) is 1. The van der Waals surface area contributed by atoms with Crippen LogP contribution >= 0.6 is 11.8 Å². The predicted octanol–water partition coefficient (Wildman–Crippen LogP) is 1.51. The first-order valence-corrected chi connectivity index (χ1v) is 9.40. The van der Waals surface area contributed by atoms with E-state index in [1.165, 1.54) is 18.0 Å². The Morgan fingerprint density at radius 3 is 2.67 bits per heavy atom. The lowest BCUT2D eigenvalue weighted by atomic mass is 10.2. The Hall–Kier alpha value is -1.72. The second-order valence-electron chi connectivity index (χ2n) is 5.09. The number of rotatable bonds is 14. The summed E-state index contributed by atoms with van der Waals surface area (Å²) < 4.78 is 5.40. The van der Waals surface area contributed by atoms with Crippen molar-refractivity contribution in [1.82, 2.24) is 10.6 Å². The number of carboxylic acid groups (broad SMARTS) is 1. The van der Waals surface area contributed by atoms with E-state index in [1.54, 1.807) is 6.07 Å². The molecular formula is C16H27N3O4S. The van der Waals surface area contributed by atoms with Gasteiger partial charge in [0.1, 0.15) is 17.7 Å². The number of nitriles is 1. The molecule has 136 valence electrons. The molecule has 0 aliphatic rings. The summed E-state index contributed by atoms with van der Waals surface area (Å²) in [6.07, 6.45) is 6.37. The summed E-state index contributed by atoms with van der Waals surface area (Å²) in [7, 11) is 0. The summed E-state index contributed by atoms with van der Waals surface area (Å²) in [4.78, 5) is 23.1. The van der Waals surface area contributed by atoms with Crippen molar-refractivity contribution in [3.05, 3.63) is 11.8 Å². The third-order valence-corrected chi connectivity index (χ3v) is 3.72. The number of carbonyl (C=O) groups excluding carboxylic acids is 1. The highest BCUT2D eigenvalue weighted by atomic mass is 32.2. The fraction of sp³-hybridized carbons (Fsp3) is 0.688. The highest BCUT2D eigenvalue weighted by molar-refractivity contribution is 7.98. The molecule has 0 saturated carbocycles. The molecule has 0 aromatic heterocycles. The number of nitrogens with zero attached hydrogens (tertiary/aromatic N) is 1. The Morgan fingerprint density at radius 1 is 1.38 bits per heavy atom. The highest BCUT2D eigenvalue weighted by Gasteiger charge is 2.21. The molecule has 0 bridgehead atoms. The average molecular weight is 357 g/mol. The summed E-state index contributed by atoms with van der Waals surface area (Å²) in [5, 5.41) is 23.4. The van der Waals surface area contributed by atoms with E-state index in [1.807, 2.05) is 6.26 Å². The summed E-state index contributed by atoms with van der Waals surface area (Å²) in [6.45, 7) is 4.02. The maximum atomic E-state index is 12.0. The van der Waals surface area contributed by atoms with Crippen molar-refractivity contribution in [3.8, 4) is 6.07 Å². The minimum atomic E-state index is -1.10. The van der Waals surface area contributed by atoms with Crippen LogP contribution in [0, 0.1) is 11.3 Å². The lowest BCUT2D eigenvalue weighted by molar-refractivity contribution is -0.141. The minimum absolute atomic E-state index is 0.141. The standard InChI is InChI=1S/C16H27N3O4S/c1-3-4-8-23-9-5-7-18-12-13(11-17)15(20)19-14(16(21)22)6-10-24-2/h12,14,18H,3-10H2,1-2H3,(H,19,20)(H,21,22)/b13-12-. The minimum Gasteiger partial charge on any atom is -0.480 e. The monoisotopic (exact) mass is 357 g/mol. The molecular weight excluding hydrogens is 330 g/mol. The summed E-state index contributed by atoms with van der Waals surface area (Å²) in [5.74, 6) is -1.18. The van der Waals surface area contributed by atoms with Crippen LogP contribution in [-0.2, 0) is 14.3 Å². The number of carbonyl (C=O) groups is 2. The van der Waals surface area contributed by atoms with E-state index in [4.69, 9.17) is 15.1 Å². The van der Waals surface area contributed by atoms with Crippen LogP contribution in [0.3, 0.4) is 0 Å². The summed E-state index contributed by atoms with van der Waals surface area (Å²) in [5.41, 5.74) is -0.141. The van der Waals surface area contributed by atoms with Gasteiger partial charge in [-0.15, -0.1) is 0 Å². The number of aliphatic carboxylic acids is 1. The van der Waals surface area contributed by atoms with Gasteiger partial charge in [0, 0.05) is 26.0 Å². The summed E-state index contributed by atoms with van der Waals surface area (Å²) >= 11 is 1.50. The van der Waals surface area contributed by atoms with Crippen LogP contribution in [0.5, 0.6) is 0 Å². The number of ether oxygens (including phenoxy) is 1. The number of carboxylic acids is 1. The van der Waals surface area contributed by atoms with Gasteiger partial charge < -0.3 is 20.5 Å². The van der Waals surface area contributed by atoms with Crippen LogP contribution < -0.4 is 10.6 Å². The molecule has 0 aromatic rings. The normalized spacial score (nSPS) is 12.3. The lowest BCUT2D eigenvalue weighted by Gasteiger charge is -2.13. The maximum Gasteiger partial charge on any atom is 0.326 e. The van der Waals surface area contributed by atoms with Crippen molar-refractivity contribution in [2.24, 2.45) is 0 Å².